The van der Waals surface area contributed by atoms with Gasteiger partial charge in [0.05, 0.1) is 25.5 Å². The van der Waals surface area contributed by atoms with Gasteiger partial charge >= 0.3 is 6.18 Å². The van der Waals surface area contributed by atoms with Gasteiger partial charge in [0.25, 0.3) is 0 Å². The van der Waals surface area contributed by atoms with Crippen LogP contribution < -0.4 is 14.8 Å². The summed E-state index contributed by atoms with van der Waals surface area (Å²) in [5, 5.41) is 3.29. The number of hydrogen-bond acceptors (Lipinski definition) is 4. The Morgan fingerprint density at radius 1 is 1.12 bits per heavy atom. The van der Waals surface area contributed by atoms with Crippen molar-refractivity contribution < 1.29 is 22.6 Å². The molecule has 0 saturated carbocycles. The second kappa shape index (κ2) is 11.5. The van der Waals surface area contributed by atoms with Gasteiger partial charge in [-0.3, -0.25) is 0 Å². The molecule has 1 aliphatic rings. The second-order valence-electron chi connectivity index (χ2n) is 8.28. The Morgan fingerprint density at radius 2 is 1.79 bits per heavy atom. The predicted octanol–water partition coefficient (Wildman–Crippen LogP) is 5.71. The molecule has 0 bridgehead atoms. The fourth-order valence-corrected chi connectivity index (χ4v) is 4.62. The quantitative estimate of drug-likeness (QED) is 0.476. The van der Waals surface area contributed by atoms with Crippen molar-refractivity contribution in [1.82, 2.24) is 9.80 Å². The first-order valence-corrected chi connectivity index (χ1v) is 11.7. The van der Waals surface area contributed by atoms with Crippen molar-refractivity contribution in [3.63, 3.8) is 0 Å². The van der Waals surface area contributed by atoms with Gasteiger partial charge in [-0.25, -0.2) is 0 Å². The Balaban J connectivity index is 1.82. The van der Waals surface area contributed by atoms with Gasteiger partial charge < -0.3 is 24.6 Å². The van der Waals surface area contributed by atoms with Crippen LogP contribution in [0.3, 0.4) is 0 Å². The largest absolute Gasteiger partial charge is 0.493 e. The van der Waals surface area contributed by atoms with E-state index >= 15 is 0 Å². The summed E-state index contributed by atoms with van der Waals surface area (Å²) >= 11 is 11.6. The molecule has 34 heavy (non-hydrogen) atoms. The molecule has 1 N–H and O–H groups in total. The van der Waals surface area contributed by atoms with Crippen LogP contribution in [0.1, 0.15) is 24.0 Å². The molecule has 0 atom stereocenters. The highest BCUT2D eigenvalue weighted by Crippen LogP contribution is 2.36. The molecule has 5 nitrogen and oxygen atoms in total. The van der Waals surface area contributed by atoms with Gasteiger partial charge in [-0.1, -0.05) is 17.7 Å². The Bertz CT molecular complexity index is 998. The zero-order chi connectivity index (χ0) is 24.9. The molecule has 0 spiro atoms. The smallest absolute Gasteiger partial charge is 0.418 e. The van der Waals surface area contributed by atoms with Crippen LogP contribution in [-0.4, -0.2) is 61.9 Å². The van der Waals surface area contributed by atoms with Crippen LogP contribution in [-0.2, 0) is 12.6 Å². The van der Waals surface area contributed by atoms with Gasteiger partial charge in [-0.2, -0.15) is 13.2 Å². The van der Waals surface area contributed by atoms with Crippen LogP contribution in [0.5, 0.6) is 11.5 Å². The lowest BCUT2D eigenvalue weighted by Crippen LogP contribution is -2.48. The lowest BCUT2D eigenvalue weighted by atomic mass is 10.0. The molecule has 2 aromatic rings. The number of benzene rings is 2. The number of nitrogens with zero attached hydrogens (tertiary/aromatic N) is 2. The molecule has 0 unspecified atom stereocenters. The van der Waals surface area contributed by atoms with Crippen molar-refractivity contribution in [3.8, 4) is 11.5 Å². The first kappa shape index (κ1) is 26.4. The molecule has 0 amide bonds. The van der Waals surface area contributed by atoms with E-state index in [1.165, 1.54) is 12.1 Å². The monoisotopic (exact) mass is 515 g/mol. The van der Waals surface area contributed by atoms with E-state index in [-0.39, 0.29) is 21.9 Å². The first-order valence-electron chi connectivity index (χ1n) is 11.0. The minimum Gasteiger partial charge on any atom is -0.493 e. The van der Waals surface area contributed by atoms with Gasteiger partial charge in [0.15, 0.2) is 16.6 Å². The summed E-state index contributed by atoms with van der Waals surface area (Å²) in [7, 11) is 5.21. The zero-order valence-electron chi connectivity index (χ0n) is 19.4. The number of hydrogen-bond donors (Lipinski definition) is 1. The van der Waals surface area contributed by atoms with Crippen molar-refractivity contribution in [2.24, 2.45) is 0 Å². The van der Waals surface area contributed by atoms with Crippen LogP contribution in [0.25, 0.3) is 0 Å². The van der Waals surface area contributed by atoms with Crippen LogP contribution in [0.15, 0.2) is 36.4 Å². The topological polar surface area (TPSA) is 37.0 Å². The number of methoxy groups -OCH3 is 2. The van der Waals surface area contributed by atoms with E-state index in [1.807, 2.05) is 23.1 Å². The Kier molecular flexibility index (Phi) is 8.89. The normalized spacial score (nSPS) is 15.1. The third-order valence-corrected chi connectivity index (χ3v) is 6.58. The number of rotatable bonds is 7. The molecule has 3 rings (SSSR count). The fraction of sp³-hybridized carbons (Fsp3) is 0.458. The maximum atomic E-state index is 13.6. The van der Waals surface area contributed by atoms with Crippen molar-refractivity contribution >= 4 is 34.6 Å². The summed E-state index contributed by atoms with van der Waals surface area (Å²) in [6.45, 7) is 2.33. The van der Waals surface area contributed by atoms with Gasteiger partial charge in [-0.15, -0.1) is 0 Å². The molecule has 1 fully saturated rings. The summed E-state index contributed by atoms with van der Waals surface area (Å²) in [6.07, 6.45) is -2.16. The Hall–Kier alpha value is -2.23. The summed E-state index contributed by atoms with van der Waals surface area (Å²) in [5.74, 6) is 1.26. The number of piperidine rings is 1. The molecule has 0 aromatic heterocycles. The number of thiocarbonyl (C=S) groups is 1. The number of likely N-dealkylation sites (tertiary alicyclic amines) is 1. The molecule has 1 heterocycles. The summed E-state index contributed by atoms with van der Waals surface area (Å²) < 4.78 is 51.4. The van der Waals surface area contributed by atoms with E-state index in [4.69, 9.17) is 33.3 Å². The van der Waals surface area contributed by atoms with E-state index in [1.54, 1.807) is 14.2 Å². The minimum absolute atomic E-state index is 0.116. The molecule has 0 aliphatic carbocycles. The van der Waals surface area contributed by atoms with Crippen LogP contribution in [0.4, 0.5) is 18.9 Å². The van der Waals surface area contributed by atoms with E-state index < -0.39 is 11.7 Å². The third-order valence-electron chi connectivity index (χ3n) is 6.01. The highest BCUT2D eigenvalue weighted by atomic mass is 35.5. The standard InChI is InChI=1S/C24H29ClF3N3O2S/c1-30-11-9-18(10-12-30)31(13-8-16-4-7-21(32-2)22(14-16)33-3)23(34)29-20-15-17(25)5-6-19(20)24(26,27)28/h4-7,14-15,18H,8-13H2,1-3H3,(H,29,34). The van der Waals surface area contributed by atoms with E-state index in [0.29, 0.717) is 24.5 Å². The lowest BCUT2D eigenvalue weighted by molar-refractivity contribution is -0.136. The summed E-state index contributed by atoms with van der Waals surface area (Å²) in [4.78, 5) is 4.23. The maximum absolute atomic E-state index is 13.6. The van der Waals surface area contributed by atoms with Crippen LogP contribution >= 0.6 is 23.8 Å². The molecule has 1 saturated heterocycles. The van der Waals surface area contributed by atoms with E-state index in [9.17, 15) is 13.2 Å². The number of nitrogens with one attached hydrogen (secondary N) is 1. The van der Waals surface area contributed by atoms with Crippen LogP contribution in [0.2, 0.25) is 5.02 Å². The average Bonchev–Trinajstić information content (AvgIpc) is 2.79. The zero-order valence-corrected chi connectivity index (χ0v) is 21.0. The number of halogens is 4. The molecule has 1 aliphatic heterocycles. The van der Waals surface area contributed by atoms with Gasteiger partial charge in [-0.05, 0) is 87.5 Å². The van der Waals surface area contributed by atoms with Crippen molar-refractivity contribution in [2.45, 2.75) is 31.5 Å². The first-order chi connectivity index (χ1) is 16.1. The molecule has 0 radical (unpaired) electrons. The van der Waals surface area contributed by atoms with Gasteiger partial charge in [0.1, 0.15) is 0 Å². The SMILES string of the molecule is COc1ccc(CCN(C(=S)Nc2cc(Cl)ccc2C(F)(F)F)C2CCN(C)CC2)cc1OC. The number of anilines is 1. The Morgan fingerprint density at radius 3 is 2.41 bits per heavy atom. The second-order valence-corrected chi connectivity index (χ2v) is 9.11. The molecule has 10 heteroatoms. The lowest BCUT2D eigenvalue weighted by Gasteiger charge is -2.39. The minimum atomic E-state index is -4.53. The predicted molar refractivity (Wildman–Crippen MR) is 133 cm³/mol. The van der Waals surface area contributed by atoms with Crippen molar-refractivity contribution in [2.75, 3.05) is 46.2 Å². The van der Waals surface area contributed by atoms with Crippen molar-refractivity contribution in [1.29, 1.82) is 0 Å². The molecular weight excluding hydrogens is 487 g/mol. The van der Waals surface area contributed by atoms with Crippen molar-refractivity contribution in [3.05, 3.63) is 52.5 Å². The van der Waals surface area contributed by atoms with Crippen LogP contribution in [0, 0.1) is 0 Å². The Labute approximate surface area is 208 Å². The van der Waals surface area contributed by atoms with Gasteiger partial charge in [0.2, 0.25) is 0 Å². The van der Waals surface area contributed by atoms with E-state index in [0.717, 1.165) is 37.6 Å². The average molecular weight is 516 g/mol. The molecule has 186 valence electrons. The van der Waals surface area contributed by atoms with E-state index in [2.05, 4.69) is 17.3 Å². The highest BCUT2D eigenvalue weighted by molar-refractivity contribution is 7.80. The highest BCUT2D eigenvalue weighted by Gasteiger charge is 2.34. The maximum Gasteiger partial charge on any atom is 0.418 e. The summed E-state index contributed by atoms with van der Waals surface area (Å²) in [6, 6.07) is 9.26. The number of ether oxygens (including phenoxy) is 2. The molecule has 2 aromatic carbocycles. The molecular formula is C24H29ClF3N3O2S. The number of alkyl halides is 3. The van der Waals surface area contributed by atoms with Gasteiger partial charge in [0, 0.05) is 17.6 Å². The fourth-order valence-electron chi connectivity index (χ4n) is 4.10. The third kappa shape index (κ3) is 6.67. The summed E-state index contributed by atoms with van der Waals surface area (Å²) in [5.41, 5.74) is 0.0635.